The summed E-state index contributed by atoms with van der Waals surface area (Å²) in [5.41, 5.74) is 4.20. The Bertz CT molecular complexity index is 2270. The number of hydrogen-bond donors (Lipinski definition) is 3. The van der Waals surface area contributed by atoms with E-state index in [2.05, 4.69) is 31.8 Å². The zero-order chi connectivity index (χ0) is 55.2. The number of unbranched alkanes of at least 4 members (excludes halogenated alkanes) is 19. The van der Waals surface area contributed by atoms with Crippen LogP contribution in [0.4, 0.5) is 9.18 Å². The molecule has 3 aromatic rings. The van der Waals surface area contributed by atoms with E-state index in [0.717, 1.165) is 92.9 Å². The highest BCUT2D eigenvalue weighted by Gasteiger charge is 2.65. The molecule has 2 aliphatic carbocycles. The number of nitrogens with one attached hydrogen (secondary N) is 1. The molecule has 1 aliphatic heterocycles. The summed E-state index contributed by atoms with van der Waals surface area (Å²) < 4.78 is 35.4. The third kappa shape index (κ3) is 18.8. The highest BCUT2D eigenvalue weighted by molar-refractivity contribution is 6.03. The zero-order valence-electron chi connectivity index (χ0n) is 47.6. The van der Waals surface area contributed by atoms with Crippen molar-refractivity contribution in [2.24, 2.45) is 22.9 Å². The number of carbonyl (C=O) groups is 2. The predicted molar refractivity (Wildman–Crippen MR) is 311 cm³/mol. The summed E-state index contributed by atoms with van der Waals surface area (Å²) in [6, 6.07) is 21.1. The second-order valence-electron chi connectivity index (χ2n) is 22.3. The van der Waals surface area contributed by atoms with Gasteiger partial charge in [-0.25, -0.2) is 9.18 Å². The number of aliphatic hydroxyl groups excluding tert-OH is 2. The first-order valence-corrected chi connectivity index (χ1v) is 30.5. The molecular weight excluding hydrogens is 982 g/mol. The third-order valence-corrected chi connectivity index (χ3v) is 16.4. The zero-order valence-corrected chi connectivity index (χ0v) is 47.6. The van der Waals surface area contributed by atoms with Gasteiger partial charge in [-0.15, -0.1) is 6.58 Å². The van der Waals surface area contributed by atoms with Crippen LogP contribution >= 0.6 is 0 Å². The Balaban J connectivity index is 1.40. The van der Waals surface area contributed by atoms with Crippen molar-refractivity contribution in [1.29, 1.82) is 0 Å². The van der Waals surface area contributed by atoms with Crippen LogP contribution < -0.4 is 14.8 Å². The van der Waals surface area contributed by atoms with Crippen LogP contribution in [0.2, 0.25) is 0 Å². The Labute approximate surface area is 467 Å². The Morgan fingerprint density at radius 2 is 1.40 bits per heavy atom. The number of rotatable bonds is 39. The van der Waals surface area contributed by atoms with Crippen molar-refractivity contribution in [2.45, 2.75) is 218 Å². The topological polar surface area (TPSA) is 139 Å². The first-order chi connectivity index (χ1) is 38.3. The molecule has 78 heavy (non-hydrogen) atoms. The monoisotopic (exact) mass is 1080 g/mol. The number of hydrogen-bond acceptors (Lipinski definition) is 9. The van der Waals surface area contributed by atoms with Gasteiger partial charge in [-0.1, -0.05) is 196 Å². The van der Waals surface area contributed by atoms with E-state index < -0.39 is 23.8 Å². The predicted octanol–water partition coefficient (Wildman–Crippen LogP) is 15.6. The lowest BCUT2D eigenvalue weighted by Gasteiger charge is -2.60. The van der Waals surface area contributed by atoms with Crippen LogP contribution in [0.3, 0.4) is 0 Å². The van der Waals surface area contributed by atoms with Crippen LogP contribution in [0.25, 0.3) is 0 Å². The van der Waals surface area contributed by atoms with Gasteiger partial charge in [0.1, 0.15) is 30.0 Å². The molecule has 11 nitrogen and oxygen atoms in total. The molecule has 6 rings (SSSR count). The van der Waals surface area contributed by atoms with Crippen LogP contribution in [0.1, 0.15) is 210 Å². The minimum absolute atomic E-state index is 0.0166. The molecule has 3 N–H and O–H groups in total. The second-order valence-corrected chi connectivity index (χ2v) is 22.3. The van der Waals surface area contributed by atoms with Gasteiger partial charge in [0.2, 0.25) is 11.7 Å². The SMILES string of the molecule is C=CCOC12Oc3ccc(OC(=O)NCCCCCCCCCCCC)cc3C3C(CCCCO)C(CCCCO)C=C(C(=NOCc4ccccc4)CC1N(Cc1ccc(F)cc1)C(=O)CCCCCCCCCCC)C32. The number of ether oxygens (including phenoxy) is 3. The molecule has 0 bridgehead atoms. The highest BCUT2D eigenvalue weighted by atomic mass is 19.1. The molecule has 3 aliphatic rings. The quantitative estimate of drug-likeness (QED) is 0.0292. The second kappa shape index (κ2) is 34.9. The molecule has 0 aromatic heterocycles. The van der Waals surface area contributed by atoms with Gasteiger partial charge in [0.15, 0.2) is 0 Å². The normalized spacial score (nSPS) is 20.8. The van der Waals surface area contributed by atoms with Gasteiger partial charge in [-0.2, -0.15) is 0 Å². The van der Waals surface area contributed by atoms with E-state index in [1.165, 1.54) is 89.2 Å². The maximum absolute atomic E-state index is 15.3. The third-order valence-electron chi connectivity index (χ3n) is 16.4. The lowest BCUT2D eigenvalue weighted by molar-refractivity contribution is -0.258. The van der Waals surface area contributed by atoms with Crippen molar-refractivity contribution >= 4 is 17.7 Å². The van der Waals surface area contributed by atoms with Crippen molar-refractivity contribution < 1.29 is 43.2 Å². The summed E-state index contributed by atoms with van der Waals surface area (Å²) in [6.07, 6.45) is 30.6. The molecule has 1 saturated carbocycles. The molecule has 1 heterocycles. The fraction of sp³-hybridized carbons (Fsp3) is 0.621. The van der Waals surface area contributed by atoms with Crippen molar-refractivity contribution in [1.82, 2.24) is 10.2 Å². The average Bonchev–Trinajstić information content (AvgIpc) is 3.57. The van der Waals surface area contributed by atoms with Gasteiger partial charge in [0, 0.05) is 50.6 Å². The number of nitrogens with zero attached hydrogens (tertiary/aromatic N) is 2. The van der Waals surface area contributed by atoms with Crippen LogP contribution in [-0.2, 0) is 27.5 Å². The maximum atomic E-state index is 15.3. The molecule has 430 valence electrons. The average molecular weight is 1080 g/mol. The van der Waals surface area contributed by atoms with E-state index in [1.807, 2.05) is 47.4 Å². The van der Waals surface area contributed by atoms with E-state index in [-0.39, 0.29) is 68.9 Å². The van der Waals surface area contributed by atoms with Crippen LogP contribution in [0.15, 0.2) is 102 Å². The molecule has 0 spiro atoms. The number of amides is 2. The smallest absolute Gasteiger partial charge is 0.412 e. The first-order valence-electron chi connectivity index (χ1n) is 30.5. The van der Waals surface area contributed by atoms with Crippen LogP contribution in [0, 0.1) is 23.6 Å². The van der Waals surface area contributed by atoms with Crippen molar-refractivity contribution in [2.75, 3.05) is 26.4 Å². The molecule has 6 unspecified atom stereocenters. The number of benzene rings is 3. The van der Waals surface area contributed by atoms with E-state index in [9.17, 15) is 19.4 Å². The molecule has 2 amide bonds. The molecule has 6 atom stereocenters. The van der Waals surface area contributed by atoms with Gasteiger partial charge < -0.3 is 39.5 Å². The summed E-state index contributed by atoms with van der Waals surface area (Å²) in [5, 5.41) is 28.2. The number of halogens is 1. The van der Waals surface area contributed by atoms with Crippen molar-refractivity contribution in [3.63, 3.8) is 0 Å². The van der Waals surface area contributed by atoms with Gasteiger partial charge >= 0.3 is 6.09 Å². The summed E-state index contributed by atoms with van der Waals surface area (Å²) in [6.45, 7) is 9.78. The maximum Gasteiger partial charge on any atom is 0.412 e. The fourth-order valence-corrected chi connectivity index (χ4v) is 12.3. The molecule has 3 aromatic carbocycles. The van der Waals surface area contributed by atoms with E-state index in [4.69, 9.17) is 24.2 Å². The Morgan fingerprint density at radius 3 is 2.04 bits per heavy atom. The number of fused-ring (bicyclic) bond motifs is 2. The van der Waals surface area contributed by atoms with Crippen LogP contribution in [-0.4, -0.2) is 71.0 Å². The Morgan fingerprint density at radius 1 is 0.769 bits per heavy atom. The van der Waals surface area contributed by atoms with Gasteiger partial charge in [0.05, 0.1) is 18.2 Å². The summed E-state index contributed by atoms with van der Waals surface area (Å²) in [7, 11) is 0. The van der Waals surface area contributed by atoms with Crippen molar-refractivity contribution in [3.05, 3.63) is 120 Å². The summed E-state index contributed by atoms with van der Waals surface area (Å²) >= 11 is 0. The largest absolute Gasteiger partial charge is 0.459 e. The lowest BCUT2D eigenvalue weighted by Crippen LogP contribution is -2.70. The van der Waals surface area contributed by atoms with E-state index >= 15 is 4.79 Å². The highest BCUT2D eigenvalue weighted by Crippen LogP contribution is 2.62. The van der Waals surface area contributed by atoms with E-state index in [1.54, 1.807) is 24.3 Å². The van der Waals surface area contributed by atoms with Gasteiger partial charge in [-0.05, 0) is 97.4 Å². The van der Waals surface area contributed by atoms with Crippen LogP contribution in [0.5, 0.6) is 11.5 Å². The molecule has 12 heteroatoms. The minimum Gasteiger partial charge on any atom is -0.459 e. The first kappa shape index (κ1) is 62.2. The fourth-order valence-electron chi connectivity index (χ4n) is 12.3. The Hall–Kier alpha value is -5.04. The van der Waals surface area contributed by atoms with Gasteiger partial charge in [-0.3, -0.25) is 4.79 Å². The number of allylic oxidation sites excluding steroid dienone is 1. The molecule has 0 saturated heterocycles. The molecule has 1 fully saturated rings. The summed E-state index contributed by atoms with van der Waals surface area (Å²) in [4.78, 5) is 37.1. The summed E-state index contributed by atoms with van der Waals surface area (Å²) in [5.74, 6) is -1.80. The van der Waals surface area contributed by atoms with E-state index in [0.29, 0.717) is 43.0 Å². The number of carbonyl (C=O) groups excluding carboxylic acids is 2. The minimum atomic E-state index is -1.48. The lowest BCUT2D eigenvalue weighted by atomic mass is 9.55. The Kier molecular flexibility index (Phi) is 27.8. The van der Waals surface area contributed by atoms with Gasteiger partial charge in [0.25, 0.3) is 0 Å². The molecule has 0 radical (unpaired) electrons. The number of aliphatic hydroxyl groups is 2. The van der Waals surface area contributed by atoms with Crippen molar-refractivity contribution in [3.8, 4) is 11.5 Å². The number of oxime groups is 1. The standard InChI is InChI=1S/C66H96FN3O8/c1-4-7-9-11-13-15-17-19-21-28-42-68-65(74)77-55-40-41-60-58(47-55)63-56(34-27-30-44-72)53(33-26-29-43-71)46-57-59(69-76-50-52-31-23-22-24-32-52)48-61(66(78-60,64(57)63)75-45-6-3)70(49-51-36-38-54(67)39-37-51)62(73)35-25-20-18-16-14-12-10-8-5-2/h6,22-24,31-32,36-41,46-47,53,56,61,63-64,71-72H,3-5,7-21,25-30,33-35,42-45,48-50H2,1-2H3,(H,68,74). The molecular formula is C66H96FN3O8.